The second kappa shape index (κ2) is 5.27. The summed E-state index contributed by atoms with van der Waals surface area (Å²) in [5.41, 5.74) is 0.0154. The van der Waals surface area contributed by atoms with Crippen LogP contribution in [-0.4, -0.2) is 19.4 Å². The van der Waals surface area contributed by atoms with Gasteiger partial charge >= 0.3 is 12.3 Å². The summed E-state index contributed by atoms with van der Waals surface area (Å²) >= 11 is 5.58. The minimum absolute atomic E-state index is 0.0154. The first-order chi connectivity index (χ1) is 7.83. The van der Waals surface area contributed by atoms with Gasteiger partial charge in [-0.15, -0.1) is 13.2 Å². The topological polar surface area (TPSA) is 35.5 Å². The fourth-order valence-corrected chi connectivity index (χ4v) is 1.38. The highest BCUT2D eigenvalue weighted by atomic mass is 35.5. The molecule has 0 heterocycles. The third kappa shape index (κ3) is 4.14. The normalized spacial score (nSPS) is 11.1. The Morgan fingerprint density at radius 3 is 2.59 bits per heavy atom. The van der Waals surface area contributed by atoms with Crippen LogP contribution in [0.2, 0.25) is 5.02 Å². The van der Waals surface area contributed by atoms with E-state index in [0.29, 0.717) is 0 Å². The molecule has 17 heavy (non-hydrogen) atoms. The molecule has 0 saturated carbocycles. The van der Waals surface area contributed by atoms with Crippen LogP contribution in [0.4, 0.5) is 13.2 Å². The minimum Gasteiger partial charge on any atom is -0.469 e. The zero-order chi connectivity index (χ0) is 13.1. The number of halogens is 4. The number of hydrogen-bond acceptors (Lipinski definition) is 3. The fraction of sp³-hybridized carbons (Fsp3) is 0.300. The van der Waals surface area contributed by atoms with E-state index in [-0.39, 0.29) is 17.0 Å². The molecular weight excluding hydrogens is 261 g/mol. The number of hydrogen-bond donors (Lipinski definition) is 0. The lowest BCUT2D eigenvalue weighted by atomic mass is 10.1. The Balaban J connectivity index is 3.04. The molecule has 0 aliphatic rings. The van der Waals surface area contributed by atoms with Gasteiger partial charge in [-0.3, -0.25) is 4.79 Å². The van der Waals surface area contributed by atoms with Crippen LogP contribution in [0.3, 0.4) is 0 Å². The number of rotatable bonds is 3. The third-order valence-electron chi connectivity index (χ3n) is 1.83. The van der Waals surface area contributed by atoms with Gasteiger partial charge in [0.1, 0.15) is 0 Å². The molecule has 7 heteroatoms. The number of esters is 1. The molecule has 0 aliphatic carbocycles. The molecule has 0 saturated heterocycles. The fourth-order valence-electron chi connectivity index (χ4n) is 1.15. The molecule has 0 aromatic heterocycles. The molecule has 1 aromatic rings. The van der Waals surface area contributed by atoms with E-state index in [4.69, 9.17) is 11.6 Å². The van der Waals surface area contributed by atoms with Gasteiger partial charge in [-0.2, -0.15) is 0 Å². The summed E-state index contributed by atoms with van der Waals surface area (Å²) in [6, 6.07) is 3.97. The lowest BCUT2D eigenvalue weighted by Crippen LogP contribution is -2.19. The molecule has 0 bridgehead atoms. The van der Waals surface area contributed by atoms with Crippen LogP contribution in [0.1, 0.15) is 5.56 Å². The van der Waals surface area contributed by atoms with E-state index >= 15 is 0 Å². The van der Waals surface area contributed by atoms with Gasteiger partial charge in [-0.25, -0.2) is 0 Å². The third-order valence-corrected chi connectivity index (χ3v) is 2.13. The van der Waals surface area contributed by atoms with Crippen molar-refractivity contribution >= 4 is 17.6 Å². The Morgan fingerprint density at radius 1 is 1.41 bits per heavy atom. The van der Waals surface area contributed by atoms with Crippen molar-refractivity contribution in [3.63, 3.8) is 0 Å². The Hall–Kier alpha value is -1.43. The Bertz CT molecular complexity index is 418. The van der Waals surface area contributed by atoms with Gasteiger partial charge in [-0.05, 0) is 6.07 Å². The first-order valence-electron chi connectivity index (χ1n) is 4.43. The van der Waals surface area contributed by atoms with E-state index in [9.17, 15) is 18.0 Å². The molecule has 0 amide bonds. The van der Waals surface area contributed by atoms with Gasteiger partial charge in [0.25, 0.3) is 0 Å². The number of para-hydroxylation sites is 1. The van der Waals surface area contributed by atoms with E-state index < -0.39 is 18.1 Å². The van der Waals surface area contributed by atoms with Crippen LogP contribution in [-0.2, 0) is 16.0 Å². The second-order valence-electron chi connectivity index (χ2n) is 3.03. The van der Waals surface area contributed by atoms with Crippen molar-refractivity contribution in [3.05, 3.63) is 28.8 Å². The van der Waals surface area contributed by atoms with Crippen LogP contribution in [0.15, 0.2) is 18.2 Å². The molecule has 0 aliphatic heterocycles. The van der Waals surface area contributed by atoms with Gasteiger partial charge < -0.3 is 9.47 Å². The molecule has 3 nitrogen and oxygen atoms in total. The zero-order valence-corrected chi connectivity index (χ0v) is 9.43. The number of alkyl halides is 3. The van der Waals surface area contributed by atoms with Crippen molar-refractivity contribution < 1.29 is 27.4 Å². The van der Waals surface area contributed by atoms with Crippen LogP contribution in [0.25, 0.3) is 0 Å². The number of benzene rings is 1. The van der Waals surface area contributed by atoms with Gasteiger partial charge in [-0.1, -0.05) is 23.7 Å². The summed E-state index contributed by atoms with van der Waals surface area (Å²) in [7, 11) is 1.14. The summed E-state index contributed by atoms with van der Waals surface area (Å²) in [5, 5.41) is -0.219. The predicted octanol–water partition coefficient (Wildman–Crippen LogP) is 2.95. The van der Waals surface area contributed by atoms with Crippen molar-refractivity contribution in [2.75, 3.05) is 7.11 Å². The summed E-state index contributed by atoms with van der Waals surface area (Å²) in [6.07, 6.45) is -5.21. The highest BCUT2D eigenvalue weighted by molar-refractivity contribution is 6.32. The van der Waals surface area contributed by atoms with Gasteiger partial charge in [0.15, 0.2) is 5.75 Å². The highest BCUT2D eigenvalue weighted by Gasteiger charge is 2.33. The van der Waals surface area contributed by atoms with Crippen LogP contribution in [0, 0.1) is 0 Å². The van der Waals surface area contributed by atoms with Crippen LogP contribution in [0.5, 0.6) is 5.75 Å². The molecular formula is C10H8ClF3O3. The number of ether oxygens (including phenoxy) is 2. The summed E-state index contributed by atoms with van der Waals surface area (Å²) in [6.45, 7) is 0. The summed E-state index contributed by atoms with van der Waals surface area (Å²) in [4.78, 5) is 11.0. The van der Waals surface area contributed by atoms with Gasteiger partial charge in [0.2, 0.25) is 0 Å². The van der Waals surface area contributed by atoms with Crippen LogP contribution >= 0.6 is 11.6 Å². The van der Waals surface area contributed by atoms with Crippen LogP contribution < -0.4 is 4.74 Å². The van der Waals surface area contributed by atoms with Crippen molar-refractivity contribution in [1.82, 2.24) is 0 Å². The van der Waals surface area contributed by atoms with Crippen molar-refractivity contribution in [2.24, 2.45) is 0 Å². The average Bonchev–Trinajstić information content (AvgIpc) is 2.21. The molecule has 0 radical (unpaired) electrons. The van der Waals surface area contributed by atoms with E-state index in [2.05, 4.69) is 9.47 Å². The smallest absolute Gasteiger partial charge is 0.469 e. The largest absolute Gasteiger partial charge is 0.573 e. The standard InChI is InChI=1S/C10H8ClF3O3/c1-16-8(15)5-6-3-2-4-7(11)9(6)17-10(12,13)14/h2-4H,5H2,1H3. The average molecular weight is 269 g/mol. The summed E-state index contributed by atoms with van der Waals surface area (Å²) in [5.74, 6) is -1.26. The maximum Gasteiger partial charge on any atom is 0.573 e. The number of carbonyl (C=O) groups excluding carboxylic acids is 1. The lowest BCUT2D eigenvalue weighted by Gasteiger charge is -2.14. The van der Waals surface area contributed by atoms with Gasteiger partial charge in [0, 0.05) is 5.56 Å². The van der Waals surface area contributed by atoms with Crippen molar-refractivity contribution in [3.8, 4) is 5.75 Å². The molecule has 0 unspecified atom stereocenters. The predicted molar refractivity (Wildman–Crippen MR) is 53.9 cm³/mol. The molecule has 0 N–H and O–H groups in total. The summed E-state index contributed by atoms with van der Waals surface area (Å²) < 4.78 is 44.5. The highest BCUT2D eigenvalue weighted by Crippen LogP contribution is 2.33. The number of methoxy groups -OCH3 is 1. The second-order valence-corrected chi connectivity index (χ2v) is 3.44. The van der Waals surface area contributed by atoms with E-state index in [0.717, 1.165) is 7.11 Å². The first kappa shape index (κ1) is 13.6. The van der Waals surface area contributed by atoms with Crippen molar-refractivity contribution in [2.45, 2.75) is 12.8 Å². The minimum atomic E-state index is -4.87. The Kier molecular flexibility index (Phi) is 4.22. The Morgan fingerprint density at radius 2 is 2.06 bits per heavy atom. The zero-order valence-electron chi connectivity index (χ0n) is 8.68. The maximum atomic E-state index is 12.1. The van der Waals surface area contributed by atoms with E-state index in [1.165, 1.54) is 18.2 Å². The lowest BCUT2D eigenvalue weighted by molar-refractivity contribution is -0.274. The molecule has 1 rings (SSSR count). The van der Waals surface area contributed by atoms with E-state index in [1.807, 2.05) is 0 Å². The first-order valence-corrected chi connectivity index (χ1v) is 4.81. The van der Waals surface area contributed by atoms with Crippen molar-refractivity contribution in [1.29, 1.82) is 0 Å². The van der Waals surface area contributed by atoms with E-state index in [1.54, 1.807) is 0 Å². The van der Waals surface area contributed by atoms with Gasteiger partial charge in [0.05, 0.1) is 18.6 Å². The molecule has 0 spiro atoms. The molecule has 1 aromatic carbocycles. The SMILES string of the molecule is COC(=O)Cc1cccc(Cl)c1OC(F)(F)F. The molecule has 0 atom stereocenters. The number of carbonyl (C=O) groups is 1. The quantitative estimate of drug-likeness (QED) is 0.791. The molecule has 0 fully saturated rings. The molecule has 94 valence electrons. The Labute approximate surface area is 100 Å². The maximum absolute atomic E-state index is 12.1. The monoisotopic (exact) mass is 268 g/mol.